The molecule has 57 heavy (non-hydrogen) atoms. The summed E-state index contributed by atoms with van der Waals surface area (Å²) in [6, 6.07) is 14.6. The maximum atomic E-state index is 15.2. The van der Waals surface area contributed by atoms with Crippen LogP contribution in [-0.4, -0.2) is 61.1 Å². The Kier molecular flexibility index (Phi) is 15.9. The van der Waals surface area contributed by atoms with Crippen molar-refractivity contribution < 1.29 is 80.9 Å². The molecule has 0 N–H and O–H groups in total. The molecular formula is C39H39F13O5. The zero-order valence-electron chi connectivity index (χ0n) is 30.6. The summed E-state index contributed by atoms with van der Waals surface area (Å²) >= 11 is 0. The predicted molar refractivity (Wildman–Crippen MR) is 182 cm³/mol. The van der Waals surface area contributed by atoms with Gasteiger partial charge < -0.3 is 14.2 Å². The Morgan fingerprint density at radius 2 is 1.09 bits per heavy atom. The minimum Gasteiger partial charge on any atom is -0.494 e. The van der Waals surface area contributed by atoms with Gasteiger partial charge in [0.2, 0.25) is 0 Å². The first-order chi connectivity index (χ1) is 26.5. The summed E-state index contributed by atoms with van der Waals surface area (Å²) in [6.45, 7) is 2.89. The van der Waals surface area contributed by atoms with Crippen LogP contribution in [0.5, 0.6) is 5.75 Å². The normalized spacial score (nSPS) is 13.3. The van der Waals surface area contributed by atoms with Crippen LogP contribution in [0.1, 0.15) is 82.0 Å². The molecule has 0 saturated heterocycles. The minimum atomic E-state index is -7.71. The number of ether oxygens (including phenoxy) is 3. The van der Waals surface area contributed by atoms with E-state index in [2.05, 4.69) is 11.7 Å². The first-order valence-electron chi connectivity index (χ1n) is 17.8. The highest BCUT2D eigenvalue weighted by Crippen LogP contribution is 2.57. The number of hydrogen-bond donors (Lipinski definition) is 0. The van der Waals surface area contributed by atoms with Crippen LogP contribution in [0.3, 0.4) is 0 Å². The first kappa shape index (κ1) is 46.9. The van der Waals surface area contributed by atoms with Gasteiger partial charge in [-0.05, 0) is 80.8 Å². The van der Waals surface area contributed by atoms with Gasteiger partial charge >= 0.3 is 41.8 Å². The number of rotatable bonds is 21. The molecule has 3 aromatic carbocycles. The average Bonchev–Trinajstić information content (AvgIpc) is 3.15. The SMILES string of the molecule is CCCCCC[C@H](C)OC(=O)c1ccc(-c2ccc(-c3ccc(OCCCCCCOC(=O)C(F)(F)C(F)(F)C(F)(F)C(F)(F)C(F)(F)F)cc3)c(F)c2F)cc1. The molecular weight excluding hydrogens is 795 g/mol. The number of unbranched alkanes of at least 4 members (excludes halogenated alkanes) is 6. The maximum Gasteiger partial charge on any atom is 0.460 e. The molecule has 0 saturated carbocycles. The highest BCUT2D eigenvalue weighted by molar-refractivity contribution is 5.90. The van der Waals surface area contributed by atoms with Gasteiger partial charge in [-0.25, -0.2) is 18.4 Å². The fourth-order valence-corrected chi connectivity index (χ4v) is 5.38. The first-order valence-corrected chi connectivity index (χ1v) is 17.8. The number of carbonyl (C=O) groups excluding carboxylic acids is 2. The molecule has 0 amide bonds. The van der Waals surface area contributed by atoms with Crippen molar-refractivity contribution >= 4 is 11.9 Å². The summed E-state index contributed by atoms with van der Waals surface area (Å²) in [7, 11) is 0. The molecule has 316 valence electrons. The third-order valence-electron chi connectivity index (χ3n) is 8.79. The fraction of sp³-hybridized carbons (Fsp3) is 0.487. The smallest absolute Gasteiger partial charge is 0.460 e. The van der Waals surface area contributed by atoms with Crippen LogP contribution in [0.15, 0.2) is 60.7 Å². The second kappa shape index (κ2) is 19.3. The van der Waals surface area contributed by atoms with Crippen LogP contribution in [0.2, 0.25) is 0 Å². The van der Waals surface area contributed by atoms with Crippen molar-refractivity contribution in [3.8, 4) is 28.0 Å². The number of benzene rings is 3. The van der Waals surface area contributed by atoms with Crippen molar-refractivity contribution in [2.75, 3.05) is 13.2 Å². The van der Waals surface area contributed by atoms with Crippen molar-refractivity contribution in [1.82, 2.24) is 0 Å². The molecule has 0 aliphatic rings. The Morgan fingerprint density at radius 1 is 0.596 bits per heavy atom. The topological polar surface area (TPSA) is 61.8 Å². The van der Waals surface area contributed by atoms with Crippen LogP contribution in [-0.2, 0) is 14.3 Å². The molecule has 5 nitrogen and oxygen atoms in total. The number of carbonyl (C=O) groups is 2. The van der Waals surface area contributed by atoms with Gasteiger partial charge in [0.1, 0.15) is 5.75 Å². The molecule has 0 bridgehead atoms. The lowest BCUT2D eigenvalue weighted by Crippen LogP contribution is -2.68. The quantitative estimate of drug-likeness (QED) is 0.0608. The van der Waals surface area contributed by atoms with E-state index in [0.29, 0.717) is 16.9 Å². The molecule has 3 aromatic rings. The number of alkyl halides is 11. The van der Waals surface area contributed by atoms with Gasteiger partial charge in [-0.1, -0.05) is 62.6 Å². The van der Waals surface area contributed by atoms with E-state index in [0.717, 1.165) is 32.1 Å². The second-order valence-electron chi connectivity index (χ2n) is 13.1. The zero-order valence-corrected chi connectivity index (χ0v) is 30.6. The highest BCUT2D eigenvalue weighted by Gasteiger charge is 2.89. The Balaban J connectivity index is 1.45. The van der Waals surface area contributed by atoms with Gasteiger partial charge in [0.25, 0.3) is 0 Å². The molecule has 18 heteroatoms. The van der Waals surface area contributed by atoms with Gasteiger partial charge in [-0.2, -0.15) is 48.3 Å². The molecule has 0 unspecified atom stereocenters. The van der Waals surface area contributed by atoms with Crippen molar-refractivity contribution in [2.45, 2.75) is 108 Å². The second-order valence-corrected chi connectivity index (χ2v) is 13.1. The fourth-order valence-electron chi connectivity index (χ4n) is 5.38. The summed E-state index contributed by atoms with van der Waals surface area (Å²) in [5.41, 5.74) is 0.824. The summed E-state index contributed by atoms with van der Waals surface area (Å²) in [6.07, 6.45) is -2.40. The van der Waals surface area contributed by atoms with Crippen molar-refractivity contribution in [2.24, 2.45) is 0 Å². The molecule has 0 aromatic heterocycles. The molecule has 0 spiro atoms. The third-order valence-corrected chi connectivity index (χ3v) is 8.79. The Labute approximate surface area is 319 Å². The van der Waals surface area contributed by atoms with Crippen LogP contribution < -0.4 is 4.74 Å². The largest absolute Gasteiger partial charge is 0.494 e. The summed E-state index contributed by atoms with van der Waals surface area (Å²) in [4.78, 5) is 23.9. The van der Waals surface area contributed by atoms with Gasteiger partial charge in [0, 0.05) is 11.1 Å². The van der Waals surface area contributed by atoms with E-state index in [1.165, 1.54) is 60.7 Å². The van der Waals surface area contributed by atoms with E-state index < -0.39 is 60.0 Å². The average molecular weight is 835 g/mol. The standard InChI is InChI=1S/C39H39F13O5/c1-3-4-5-8-11-24(2)57-33(53)27-14-12-25(13-15-27)29-20-21-30(32(41)31(29)40)26-16-18-28(19-17-26)55-22-9-6-7-10-23-56-34(54)35(42,43)36(44,45)37(46,47)38(48,49)39(50,51)52/h12-21,24H,3-11,22-23H2,1-2H3/t24-/m0/s1. The van der Waals surface area contributed by atoms with Crippen LogP contribution in [0.4, 0.5) is 57.1 Å². The van der Waals surface area contributed by atoms with E-state index in [1.807, 2.05) is 6.92 Å². The molecule has 0 fully saturated rings. The van der Waals surface area contributed by atoms with E-state index in [4.69, 9.17) is 9.47 Å². The Morgan fingerprint density at radius 3 is 1.60 bits per heavy atom. The zero-order chi connectivity index (χ0) is 42.8. The van der Waals surface area contributed by atoms with Gasteiger partial charge in [-0.15, -0.1) is 0 Å². The Hall–Kier alpha value is -4.51. The third kappa shape index (κ3) is 10.9. The van der Waals surface area contributed by atoms with E-state index in [1.54, 1.807) is 0 Å². The number of esters is 2. The molecule has 1 atom stereocenters. The summed E-state index contributed by atoms with van der Waals surface area (Å²) < 4.78 is 189. The van der Waals surface area contributed by atoms with E-state index in [9.17, 15) is 57.9 Å². The highest BCUT2D eigenvalue weighted by atomic mass is 19.4. The lowest BCUT2D eigenvalue weighted by Gasteiger charge is -2.36. The van der Waals surface area contributed by atoms with E-state index >= 15 is 8.78 Å². The number of hydrogen-bond acceptors (Lipinski definition) is 5. The van der Waals surface area contributed by atoms with Crippen molar-refractivity contribution in [3.63, 3.8) is 0 Å². The molecule has 0 aliphatic carbocycles. The van der Waals surface area contributed by atoms with Crippen LogP contribution in [0.25, 0.3) is 22.3 Å². The van der Waals surface area contributed by atoms with E-state index in [-0.39, 0.29) is 55.1 Å². The molecule has 0 radical (unpaired) electrons. The lowest BCUT2D eigenvalue weighted by molar-refractivity contribution is -0.418. The van der Waals surface area contributed by atoms with Gasteiger partial charge in [0.05, 0.1) is 24.9 Å². The summed E-state index contributed by atoms with van der Waals surface area (Å²) in [5.74, 6) is -35.4. The minimum absolute atomic E-state index is 0.0325. The maximum absolute atomic E-state index is 15.2. The van der Waals surface area contributed by atoms with Gasteiger partial charge in [-0.3, -0.25) is 0 Å². The monoisotopic (exact) mass is 834 g/mol. The summed E-state index contributed by atoms with van der Waals surface area (Å²) in [5, 5.41) is 0. The molecule has 0 aliphatic heterocycles. The molecule has 3 rings (SSSR count). The Bertz CT molecular complexity index is 1780. The van der Waals surface area contributed by atoms with Crippen LogP contribution in [0, 0.1) is 11.6 Å². The predicted octanol–water partition coefficient (Wildman–Crippen LogP) is 12.4. The van der Waals surface area contributed by atoms with Crippen molar-refractivity contribution in [3.05, 3.63) is 77.9 Å². The van der Waals surface area contributed by atoms with Crippen LogP contribution >= 0.6 is 0 Å². The van der Waals surface area contributed by atoms with Gasteiger partial charge in [0.15, 0.2) is 11.6 Å². The molecule has 0 heterocycles. The van der Waals surface area contributed by atoms with Crippen molar-refractivity contribution in [1.29, 1.82) is 0 Å². The lowest BCUT2D eigenvalue weighted by atomic mass is 9.98. The number of halogens is 13.